The van der Waals surface area contributed by atoms with E-state index >= 15 is 0 Å². The first-order valence-corrected chi connectivity index (χ1v) is 7.42. The third kappa shape index (κ3) is 2.28. The number of carbonyl (C=O) groups is 3. The second-order valence-electron chi connectivity index (χ2n) is 5.64. The molecule has 0 aliphatic carbocycles. The van der Waals surface area contributed by atoms with Gasteiger partial charge in [-0.05, 0) is 26.0 Å². The highest BCUT2D eigenvalue weighted by atomic mass is 16.5. The minimum atomic E-state index is -1.27. The summed E-state index contributed by atoms with van der Waals surface area (Å²) in [6.45, 7) is 3.89. The maximum Gasteiger partial charge on any atom is 0.355 e. The summed E-state index contributed by atoms with van der Waals surface area (Å²) < 4.78 is 4.96. The number of imide groups is 1. The van der Waals surface area contributed by atoms with Crippen LogP contribution in [0.15, 0.2) is 29.4 Å². The fourth-order valence-corrected chi connectivity index (χ4v) is 2.90. The Hall–Kier alpha value is -2.70. The number of hydrazone groups is 1. The van der Waals surface area contributed by atoms with Gasteiger partial charge in [0, 0.05) is 6.42 Å². The molecule has 1 saturated heterocycles. The molecule has 7 heteroatoms. The van der Waals surface area contributed by atoms with E-state index in [1.165, 1.54) is 0 Å². The van der Waals surface area contributed by atoms with Crippen LogP contribution in [0.2, 0.25) is 0 Å². The summed E-state index contributed by atoms with van der Waals surface area (Å²) in [6, 6.07) is 7.09. The SMILES string of the molecule is CCOC(=O)C1=NNCC12CC(=O)N(c1ccc(C)cc1)C2=O. The van der Waals surface area contributed by atoms with Crippen molar-refractivity contribution in [2.45, 2.75) is 20.3 Å². The van der Waals surface area contributed by atoms with Gasteiger partial charge in [0.15, 0.2) is 5.71 Å². The average molecular weight is 315 g/mol. The number of anilines is 1. The summed E-state index contributed by atoms with van der Waals surface area (Å²) in [4.78, 5) is 38.5. The molecule has 2 amide bonds. The van der Waals surface area contributed by atoms with Gasteiger partial charge in [-0.15, -0.1) is 0 Å². The van der Waals surface area contributed by atoms with Gasteiger partial charge in [-0.3, -0.25) is 9.59 Å². The van der Waals surface area contributed by atoms with Gasteiger partial charge >= 0.3 is 5.97 Å². The van der Waals surface area contributed by atoms with Crippen LogP contribution in [-0.4, -0.2) is 36.6 Å². The van der Waals surface area contributed by atoms with Crippen molar-refractivity contribution in [3.8, 4) is 0 Å². The monoisotopic (exact) mass is 315 g/mol. The first kappa shape index (κ1) is 15.2. The molecule has 2 aliphatic rings. The fraction of sp³-hybridized carbons (Fsp3) is 0.375. The minimum absolute atomic E-state index is 0.0210. The Kier molecular flexibility index (Phi) is 3.63. The number of benzene rings is 1. The molecule has 1 N–H and O–H groups in total. The molecule has 1 spiro atoms. The highest BCUT2D eigenvalue weighted by Gasteiger charge is 2.59. The summed E-state index contributed by atoms with van der Waals surface area (Å²) in [5.74, 6) is -1.45. The van der Waals surface area contributed by atoms with Gasteiger partial charge in [0.2, 0.25) is 11.8 Å². The van der Waals surface area contributed by atoms with E-state index in [2.05, 4.69) is 10.5 Å². The van der Waals surface area contributed by atoms with E-state index in [-0.39, 0.29) is 31.2 Å². The number of carbonyl (C=O) groups excluding carboxylic acids is 3. The summed E-state index contributed by atoms with van der Waals surface area (Å²) >= 11 is 0. The summed E-state index contributed by atoms with van der Waals surface area (Å²) in [5.41, 5.74) is 2.90. The standard InChI is InChI=1S/C16H17N3O4/c1-3-23-14(21)13-16(9-17-18-13)8-12(20)19(15(16)22)11-6-4-10(2)5-7-11/h4-7,17H,3,8-9H2,1-2H3. The van der Waals surface area contributed by atoms with Crippen LogP contribution in [0.4, 0.5) is 5.69 Å². The van der Waals surface area contributed by atoms with Crippen LogP contribution < -0.4 is 10.3 Å². The average Bonchev–Trinajstić information content (AvgIpc) is 3.04. The zero-order valence-corrected chi connectivity index (χ0v) is 13.0. The highest BCUT2D eigenvalue weighted by Crippen LogP contribution is 2.39. The Morgan fingerprint density at radius 3 is 2.70 bits per heavy atom. The van der Waals surface area contributed by atoms with E-state index in [0.29, 0.717) is 5.69 Å². The molecule has 1 aromatic rings. The maximum atomic E-state index is 12.9. The summed E-state index contributed by atoms with van der Waals surface area (Å²) in [6.07, 6.45) is -0.0929. The zero-order valence-electron chi connectivity index (χ0n) is 13.0. The lowest BCUT2D eigenvalue weighted by molar-refractivity contribution is -0.136. The Morgan fingerprint density at radius 2 is 2.04 bits per heavy atom. The van der Waals surface area contributed by atoms with Crippen LogP contribution in [-0.2, 0) is 19.1 Å². The van der Waals surface area contributed by atoms with Crippen molar-refractivity contribution in [1.29, 1.82) is 0 Å². The fourth-order valence-electron chi connectivity index (χ4n) is 2.90. The largest absolute Gasteiger partial charge is 0.461 e. The predicted molar refractivity (Wildman–Crippen MR) is 82.8 cm³/mol. The number of aryl methyl sites for hydroxylation is 1. The Bertz CT molecular complexity index is 711. The molecule has 0 aromatic heterocycles. The Balaban J connectivity index is 1.96. The molecule has 1 aromatic carbocycles. The molecular formula is C16H17N3O4. The maximum absolute atomic E-state index is 12.9. The van der Waals surface area contributed by atoms with E-state index < -0.39 is 17.3 Å². The van der Waals surface area contributed by atoms with Crippen molar-refractivity contribution in [3.05, 3.63) is 29.8 Å². The molecule has 0 saturated carbocycles. The van der Waals surface area contributed by atoms with Crippen LogP contribution in [0.5, 0.6) is 0 Å². The number of nitrogens with zero attached hydrogens (tertiary/aromatic N) is 2. The predicted octanol–water partition coefficient (Wildman–Crippen LogP) is 0.767. The number of esters is 1. The number of hydrogen-bond donors (Lipinski definition) is 1. The third-order valence-corrected chi connectivity index (χ3v) is 4.10. The molecule has 3 rings (SSSR count). The van der Waals surface area contributed by atoms with Crippen molar-refractivity contribution in [2.75, 3.05) is 18.1 Å². The lowest BCUT2D eigenvalue weighted by Crippen LogP contribution is -2.45. The Labute approximate surface area is 133 Å². The Morgan fingerprint density at radius 1 is 1.35 bits per heavy atom. The van der Waals surface area contributed by atoms with Gasteiger partial charge in [0.25, 0.3) is 0 Å². The van der Waals surface area contributed by atoms with Gasteiger partial charge in [-0.25, -0.2) is 9.69 Å². The molecule has 7 nitrogen and oxygen atoms in total. The third-order valence-electron chi connectivity index (χ3n) is 4.10. The molecule has 23 heavy (non-hydrogen) atoms. The van der Waals surface area contributed by atoms with Crippen molar-refractivity contribution < 1.29 is 19.1 Å². The first-order valence-electron chi connectivity index (χ1n) is 7.42. The lowest BCUT2D eigenvalue weighted by atomic mass is 9.81. The molecule has 0 bridgehead atoms. The number of amides is 2. The quantitative estimate of drug-likeness (QED) is 0.657. The minimum Gasteiger partial charge on any atom is -0.461 e. The van der Waals surface area contributed by atoms with Gasteiger partial charge in [-0.1, -0.05) is 17.7 Å². The summed E-state index contributed by atoms with van der Waals surface area (Å²) in [5, 5.41) is 3.91. The van der Waals surface area contributed by atoms with Gasteiger partial charge in [-0.2, -0.15) is 5.10 Å². The zero-order chi connectivity index (χ0) is 16.6. The highest BCUT2D eigenvalue weighted by molar-refractivity contribution is 6.47. The van der Waals surface area contributed by atoms with E-state index in [1.807, 2.05) is 19.1 Å². The molecule has 2 aliphatic heterocycles. The van der Waals surface area contributed by atoms with Crippen LogP contribution in [0, 0.1) is 12.3 Å². The van der Waals surface area contributed by atoms with Crippen molar-refractivity contribution in [3.63, 3.8) is 0 Å². The first-order chi connectivity index (χ1) is 11.0. The molecular weight excluding hydrogens is 298 g/mol. The van der Waals surface area contributed by atoms with Crippen LogP contribution in [0.3, 0.4) is 0 Å². The number of nitrogens with one attached hydrogen (secondary N) is 1. The van der Waals surface area contributed by atoms with Gasteiger partial charge < -0.3 is 10.2 Å². The number of rotatable bonds is 3. The van der Waals surface area contributed by atoms with Crippen LogP contribution in [0.1, 0.15) is 18.9 Å². The molecule has 1 fully saturated rings. The van der Waals surface area contributed by atoms with Crippen molar-refractivity contribution in [2.24, 2.45) is 10.5 Å². The second kappa shape index (κ2) is 5.49. The van der Waals surface area contributed by atoms with Crippen molar-refractivity contribution >= 4 is 29.2 Å². The molecule has 1 atom stereocenters. The van der Waals surface area contributed by atoms with Crippen LogP contribution >= 0.6 is 0 Å². The van der Waals surface area contributed by atoms with E-state index in [4.69, 9.17) is 4.74 Å². The topological polar surface area (TPSA) is 88.1 Å². The van der Waals surface area contributed by atoms with Gasteiger partial charge in [0.1, 0.15) is 5.41 Å². The smallest absolute Gasteiger partial charge is 0.355 e. The van der Waals surface area contributed by atoms with Gasteiger partial charge in [0.05, 0.1) is 18.8 Å². The van der Waals surface area contributed by atoms with E-state index in [9.17, 15) is 14.4 Å². The van der Waals surface area contributed by atoms with Crippen LogP contribution in [0.25, 0.3) is 0 Å². The molecule has 1 unspecified atom stereocenters. The van der Waals surface area contributed by atoms with Crippen molar-refractivity contribution in [1.82, 2.24) is 5.43 Å². The van der Waals surface area contributed by atoms with E-state index in [1.54, 1.807) is 19.1 Å². The number of ether oxygens (including phenoxy) is 1. The molecule has 0 radical (unpaired) electrons. The molecule has 120 valence electrons. The van der Waals surface area contributed by atoms with E-state index in [0.717, 1.165) is 10.5 Å². The molecule has 2 heterocycles. The number of hydrogen-bond acceptors (Lipinski definition) is 6. The second-order valence-corrected chi connectivity index (χ2v) is 5.64. The summed E-state index contributed by atoms with van der Waals surface area (Å²) in [7, 11) is 0. The normalized spacial score (nSPS) is 23.2. The lowest BCUT2D eigenvalue weighted by Gasteiger charge is -2.21.